The Bertz CT molecular complexity index is 1470. The average molecular weight is 459 g/mol. The highest BCUT2D eigenvalue weighted by Gasteiger charge is 2.22. The Hall–Kier alpha value is -3.78. The predicted molar refractivity (Wildman–Crippen MR) is 130 cm³/mol. The second-order valence-corrected chi connectivity index (χ2v) is 9.12. The van der Waals surface area contributed by atoms with Gasteiger partial charge in [0.25, 0.3) is 11.5 Å². The van der Waals surface area contributed by atoms with Crippen LogP contribution in [0.3, 0.4) is 0 Å². The molecule has 4 aromatic rings. The Kier molecular flexibility index (Phi) is 5.51. The summed E-state index contributed by atoms with van der Waals surface area (Å²) in [6, 6.07) is 13.4. The van der Waals surface area contributed by atoms with Crippen molar-refractivity contribution in [3.63, 3.8) is 0 Å². The molecule has 33 heavy (non-hydrogen) atoms. The lowest BCUT2D eigenvalue weighted by Crippen LogP contribution is -2.23. The molecule has 1 aliphatic rings. The summed E-state index contributed by atoms with van der Waals surface area (Å²) in [7, 11) is 0. The number of hydrazone groups is 1. The number of nitrogens with zero attached hydrogens (tertiary/aromatic N) is 3. The molecule has 0 saturated carbocycles. The number of rotatable bonds is 4. The number of aromatic hydroxyl groups is 1. The summed E-state index contributed by atoms with van der Waals surface area (Å²) in [5.74, 6) is 0.308. The van der Waals surface area contributed by atoms with E-state index >= 15 is 0 Å². The third kappa shape index (κ3) is 4.05. The van der Waals surface area contributed by atoms with Gasteiger partial charge < -0.3 is 5.11 Å². The molecule has 2 N–H and O–H groups in total. The summed E-state index contributed by atoms with van der Waals surface area (Å²) < 4.78 is 1.58. The first-order valence-electron chi connectivity index (χ1n) is 10.8. The first kappa shape index (κ1) is 21.1. The normalized spacial score (nSPS) is 13.4. The maximum absolute atomic E-state index is 13.5. The largest absolute Gasteiger partial charge is 0.508 e. The quantitative estimate of drug-likeness (QED) is 0.355. The number of benzene rings is 2. The standard InChI is InChI=1S/C25H22N4O3S/c1-15-27-24-22(20-10-2-3-11-21(20)33-24)25(32)29(15)18-8-5-7-17(13-18)23(31)28-26-14-16-6-4-9-19(30)12-16/h4-9,12-14,30H,2-3,10-11H2,1H3,(H,28,31)/b26-14+. The molecule has 0 aliphatic heterocycles. The minimum atomic E-state index is -0.402. The van der Waals surface area contributed by atoms with Crippen LogP contribution in [0.5, 0.6) is 5.75 Å². The minimum absolute atomic E-state index is 0.0867. The zero-order valence-electron chi connectivity index (χ0n) is 18.0. The van der Waals surface area contributed by atoms with Gasteiger partial charge >= 0.3 is 0 Å². The number of hydrogen-bond donors (Lipinski definition) is 2. The van der Waals surface area contributed by atoms with E-state index in [0.29, 0.717) is 28.0 Å². The third-order valence-electron chi connectivity index (χ3n) is 5.77. The van der Waals surface area contributed by atoms with Crippen molar-refractivity contribution in [2.75, 3.05) is 0 Å². The second-order valence-electron chi connectivity index (χ2n) is 8.04. The van der Waals surface area contributed by atoms with E-state index in [1.54, 1.807) is 58.4 Å². The van der Waals surface area contributed by atoms with Crippen molar-refractivity contribution in [3.8, 4) is 11.4 Å². The molecule has 8 heteroatoms. The highest BCUT2D eigenvalue weighted by molar-refractivity contribution is 7.18. The van der Waals surface area contributed by atoms with Gasteiger partial charge in [0.2, 0.25) is 0 Å². The summed E-state index contributed by atoms with van der Waals surface area (Å²) in [4.78, 5) is 32.9. The van der Waals surface area contributed by atoms with Gasteiger partial charge in [-0.1, -0.05) is 18.2 Å². The number of phenolic OH excluding ortho intramolecular Hbond substituents is 1. The smallest absolute Gasteiger partial charge is 0.271 e. The molecular formula is C25H22N4O3S. The van der Waals surface area contributed by atoms with Crippen molar-refractivity contribution < 1.29 is 9.90 Å². The lowest BCUT2D eigenvalue weighted by Gasteiger charge is -2.12. The number of thiophene rings is 1. The van der Waals surface area contributed by atoms with E-state index in [1.165, 1.54) is 17.2 Å². The van der Waals surface area contributed by atoms with Gasteiger partial charge in [-0.05, 0) is 74.1 Å². The van der Waals surface area contributed by atoms with Crippen LogP contribution in [0.1, 0.15) is 45.0 Å². The fraction of sp³-hybridized carbons (Fsp3) is 0.200. The summed E-state index contributed by atoms with van der Waals surface area (Å²) >= 11 is 1.63. The van der Waals surface area contributed by atoms with Gasteiger partial charge in [0.15, 0.2) is 0 Å². The van der Waals surface area contributed by atoms with Crippen molar-refractivity contribution in [3.05, 3.63) is 86.3 Å². The van der Waals surface area contributed by atoms with Crippen LogP contribution in [0.15, 0.2) is 58.4 Å². The summed E-state index contributed by atoms with van der Waals surface area (Å²) in [6.45, 7) is 1.81. The fourth-order valence-corrected chi connectivity index (χ4v) is 5.53. The van der Waals surface area contributed by atoms with Crippen molar-refractivity contribution in [2.24, 2.45) is 5.10 Å². The Balaban J connectivity index is 1.46. The Morgan fingerprint density at radius 1 is 1.18 bits per heavy atom. The molecule has 7 nitrogen and oxygen atoms in total. The first-order valence-corrected chi connectivity index (χ1v) is 11.6. The number of carbonyl (C=O) groups is 1. The SMILES string of the molecule is Cc1nc2sc3c(c2c(=O)n1-c1cccc(C(=O)N/N=C/c2cccc(O)c2)c1)CCCC3. The number of aromatic nitrogens is 2. The molecule has 1 aliphatic carbocycles. The van der Waals surface area contributed by atoms with E-state index in [-0.39, 0.29) is 11.3 Å². The topological polar surface area (TPSA) is 96.6 Å². The van der Waals surface area contributed by atoms with E-state index in [2.05, 4.69) is 10.5 Å². The average Bonchev–Trinajstić information content (AvgIpc) is 3.17. The minimum Gasteiger partial charge on any atom is -0.508 e. The van der Waals surface area contributed by atoms with Gasteiger partial charge in [0.1, 0.15) is 16.4 Å². The maximum Gasteiger partial charge on any atom is 0.271 e. The van der Waals surface area contributed by atoms with Crippen LogP contribution in [-0.4, -0.2) is 26.8 Å². The number of phenols is 1. The summed E-state index contributed by atoms with van der Waals surface area (Å²) in [6.07, 6.45) is 5.61. The molecule has 0 bridgehead atoms. The van der Waals surface area contributed by atoms with Crippen LogP contribution in [0, 0.1) is 6.92 Å². The van der Waals surface area contributed by atoms with Crippen molar-refractivity contribution in [1.29, 1.82) is 0 Å². The highest BCUT2D eigenvalue weighted by atomic mass is 32.1. The zero-order chi connectivity index (χ0) is 22.9. The predicted octanol–water partition coefficient (Wildman–Crippen LogP) is 4.10. The molecular weight excluding hydrogens is 436 g/mol. The molecule has 5 rings (SSSR count). The molecule has 2 aromatic heterocycles. The number of fused-ring (bicyclic) bond motifs is 3. The molecule has 2 aromatic carbocycles. The number of carbonyl (C=O) groups excluding carboxylic acids is 1. The van der Waals surface area contributed by atoms with Crippen LogP contribution in [-0.2, 0) is 12.8 Å². The highest BCUT2D eigenvalue weighted by Crippen LogP contribution is 2.34. The fourth-order valence-electron chi connectivity index (χ4n) is 4.23. The Morgan fingerprint density at radius 3 is 2.85 bits per heavy atom. The van der Waals surface area contributed by atoms with Crippen molar-refractivity contribution >= 4 is 33.7 Å². The maximum atomic E-state index is 13.5. The molecule has 166 valence electrons. The lowest BCUT2D eigenvalue weighted by molar-refractivity contribution is 0.0955. The van der Waals surface area contributed by atoms with Crippen LogP contribution in [0.2, 0.25) is 0 Å². The molecule has 0 spiro atoms. The van der Waals surface area contributed by atoms with Gasteiger partial charge in [0, 0.05) is 10.4 Å². The van der Waals surface area contributed by atoms with Crippen LogP contribution in [0.25, 0.3) is 15.9 Å². The summed E-state index contributed by atoms with van der Waals surface area (Å²) in [5.41, 5.74) is 5.16. The van der Waals surface area contributed by atoms with Crippen molar-refractivity contribution in [2.45, 2.75) is 32.6 Å². The van der Waals surface area contributed by atoms with Gasteiger partial charge in [-0.2, -0.15) is 5.10 Å². The molecule has 0 fully saturated rings. The van der Waals surface area contributed by atoms with E-state index in [4.69, 9.17) is 4.98 Å². The number of aryl methyl sites for hydroxylation is 3. The van der Waals surface area contributed by atoms with E-state index in [1.807, 2.05) is 6.92 Å². The first-order chi connectivity index (χ1) is 16.0. The van der Waals surface area contributed by atoms with Crippen LogP contribution in [0.4, 0.5) is 0 Å². The summed E-state index contributed by atoms with van der Waals surface area (Å²) in [5, 5.41) is 14.2. The Morgan fingerprint density at radius 2 is 2.00 bits per heavy atom. The molecule has 1 amide bonds. The van der Waals surface area contributed by atoms with Gasteiger partial charge in [-0.3, -0.25) is 14.2 Å². The second kappa shape index (κ2) is 8.63. The van der Waals surface area contributed by atoms with Gasteiger partial charge in [-0.15, -0.1) is 11.3 Å². The van der Waals surface area contributed by atoms with Gasteiger partial charge in [-0.25, -0.2) is 10.4 Å². The van der Waals surface area contributed by atoms with E-state index < -0.39 is 5.91 Å². The molecule has 0 radical (unpaired) electrons. The van der Waals surface area contributed by atoms with Crippen molar-refractivity contribution in [1.82, 2.24) is 15.0 Å². The lowest BCUT2D eigenvalue weighted by atomic mass is 9.97. The van der Waals surface area contributed by atoms with E-state index in [9.17, 15) is 14.7 Å². The number of nitrogens with one attached hydrogen (secondary N) is 1. The van der Waals surface area contributed by atoms with E-state index in [0.717, 1.165) is 36.1 Å². The number of amides is 1. The molecule has 2 heterocycles. The Labute approximate surface area is 194 Å². The number of hydrogen-bond acceptors (Lipinski definition) is 6. The zero-order valence-corrected chi connectivity index (χ0v) is 18.9. The monoisotopic (exact) mass is 458 g/mol. The van der Waals surface area contributed by atoms with Gasteiger partial charge in [0.05, 0.1) is 17.3 Å². The molecule has 0 unspecified atom stereocenters. The van der Waals surface area contributed by atoms with Crippen LogP contribution >= 0.6 is 11.3 Å². The molecule has 0 atom stereocenters. The third-order valence-corrected chi connectivity index (χ3v) is 6.96. The molecule has 0 saturated heterocycles. The van der Waals surface area contributed by atoms with Crippen LogP contribution < -0.4 is 11.0 Å².